The summed E-state index contributed by atoms with van der Waals surface area (Å²) in [4.78, 5) is 3.27. The summed E-state index contributed by atoms with van der Waals surface area (Å²) in [5.74, 6) is 0.910. The standard InChI is InChI=1S/C16H22N2/c1-2-4-13(5-3-1)11-17-12-14-6-7-15-8-9-18-16(15)10-14/h6-10,13,17-18H,1-5,11-12H2. The van der Waals surface area contributed by atoms with E-state index >= 15 is 0 Å². The van der Waals surface area contributed by atoms with Crippen LogP contribution in [0, 0.1) is 5.92 Å². The molecule has 1 aliphatic rings. The van der Waals surface area contributed by atoms with Gasteiger partial charge in [0.15, 0.2) is 0 Å². The zero-order valence-corrected chi connectivity index (χ0v) is 10.9. The molecule has 1 heterocycles. The molecule has 0 radical (unpaired) electrons. The molecule has 2 N–H and O–H groups in total. The highest BCUT2D eigenvalue weighted by molar-refractivity contribution is 5.79. The smallest absolute Gasteiger partial charge is 0.0457 e. The van der Waals surface area contributed by atoms with Crippen LogP contribution in [0.3, 0.4) is 0 Å². The van der Waals surface area contributed by atoms with Gasteiger partial charge in [0.2, 0.25) is 0 Å². The summed E-state index contributed by atoms with van der Waals surface area (Å²) in [6.45, 7) is 2.17. The largest absolute Gasteiger partial charge is 0.361 e. The molecule has 0 spiro atoms. The van der Waals surface area contributed by atoms with Crippen molar-refractivity contribution in [3.63, 3.8) is 0 Å². The van der Waals surface area contributed by atoms with E-state index in [-0.39, 0.29) is 0 Å². The number of fused-ring (bicyclic) bond motifs is 1. The first-order chi connectivity index (χ1) is 8.92. The Morgan fingerprint density at radius 1 is 1.11 bits per heavy atom. The molecule has 1 aliphatic carbocycles. The van der Waals surface area contributed by atoms with Gasteiger partial charge >= 0.3 is 0 Å². The van der Waals surface area contributed by atoms with E-state index in [1.807, 2.05) is 6.20 Å². The lowest BCUT2D eigenvalue weighted by molar-refractivity contribution is 0.342. The highest BCUT2D eigenvalue weighted by Crippen LogP contribution is 2.23. The van der Waals surface area contributed by atoms with E-state index in [4.69, 9.17) is 0 Å². The molecule has 18 heavy (non-hydrogen) atoms. The van der Waals surface area contributed by atoms with Crippen molar-refractivity contribution in [1.82, 2.24) is 10.3 Å². The molecule has 3 rings (SSSR count). The Bertz CT molecular complexity index is 495. The van der Waals surface area contributed by atoms with E-state index in [1.54, 1.807) is 0 Å². The van der Waals surface area contributed by atoms with Crippen LogP contribution in [0.4, 0.5) is 0 Å². The molecule has 1 aromatic heterocycles. The van der Waals surface area contributed by atoms with Crippen LogP contribution in [-0.4, -0.2) is 11.5 Å². The zero-order valence-electron chi connectivity index (χ0n) is 10.9. The minimum absolute atomic E-state index is 0.910. The van der Waals surface area contributed by atoms with Gasteiger partial charge in [-0.25, -0.2) is 0 Å². The summed E-state index contributed by atoms with van der Waals surface area (Å²) in [6, 6.07) is 8.80. The molecule has 0 aliphatic heterocycles. The summed E-state index contributed by atoms with van der Waals surface area (Å²) in [6.07, 6.45) is 9.15. The molecular weight excluding hydrogens is 220 g/mol. The van der Waals surface area contributed by atoms with Gasteiger partial charge in [-0.2, -0.15) is 0 Å². The highest BCUT2D eigenvalue weighted by atomic mass is 14.9. The minimum Gasteiger partial charge on any atom is -0.361 e. The number of rotatable bonds is 4. The van der Waals surface area contributed by atoms with E-state index in [0.29, 0.717) is 0 Å². The summed E-state index contributed by atoms with van der Waals surface area (Å²) in [5, 5.41) is 4.91. The first kappa shape index (κ1) is 11.8. The van der Waals surface area contributed by atoms with Gasteiger partial charge in [-0.15, -0.1) is 0 Å². The summed E-state index contributed by atoms with van der Waals surface area (Å²) in [5.41, 5.74) is 2.62. The van der Waals surface area contributed by atoms with Crippen molar-refractivity contribution < 1.29 is 0 Å². The Balaban J connectivity index is 1.52. The second kappa shape index (κ2) is 5.57. The van der Waals surface area contributed by atoms with Crippen molar-refractivity contribution in [2.75, 3.05) is 6.54 Å². The molecule has 2 aromatic rings. The number of H-pyrrole nitrogens is 1. The van der Waals surface area contributed by atoms with Crippen molar-refractivity contribution in [2.45, 2.75) is 38.6 Å². The monoisotopic (exact) mass is 242 g/mol. The van der Waals surface area contributed by atoms with Crippen LogP contribution in [0.15, 0.2) is 30.5 Å². The second-order valence-corrected chi connectivity index (χ2v) is 5.53. The Morgan fingerprint density at radius 3 is 2.89 bits per heavy atom. The fraction of sp³-hybridized carbons (Fsp3) is 0.500. The topological polar surface area (TPSA) is 27.8 Å². The molecule has 0 bridgehead atoms. The normalized spacial score (nSPS) is 17.3. The third-order valence-electron chi connectivity index (χ3n) is 4.11. The molecule has 0 atom stereocenters. The number of benzene rings is 1. The first-order valence-corrected chi connectivity index (χ1v) is 7.18. The Kier molecular flexibility index (Phi) is 3.65. The van der Waals surface area contributed by atoms with Crippen LogP contribution in [0.25, 0.3) is 10.9 Å². The average molecular weight is 242 g/mol. The van der Waals surface area contributed by atoms with Crippen LogP contribution in [0.1, 0.15) is 37.7 Å². The fourth-order valence-corrected chi connectivity index (χ4v) is 3.02. The van der Waals surface area contributed by atoms with Crippen LogP contribution in [-0.2, 0) is 6.54 Å². The number of nitrogens with one attached hydrogen (secondary N) is 2. The van der Waals surface area contributed by atoms with Gasteiger partial charge in [0.1, 0.15) is 0 Å². The Morgan fingerprint density at radius 2 is 2.00 bits per heavy atom. The van der Waals surface area contributed by atoms with Crippen molar-refractivity contribution in [2.24, 2.45) is 5.92 Å². The highest BCUT2D eigenvalue weighted by Gasteiger charge is 2.12. The van der Waals surface area contributed by atoms with Crippen molar-refractivity contribution in [3.8, 4) is 0 Å². The molecule has 1 aromatic carbocycles. The van der Waals surface area contributed by atoms with E-state index in [0.717, 1.165) is 12.5 Å². The Labute approximate surface area is 109 Å². The number of aromatic nitrogens is 1. The first-order valence-electron chi connectivity index (χ1n) is 7.18. The quantitative estimate of drug-likeness (QED) is 0.837. The predicted molar refractivity (Wildman–Crippen MR) is 76.6 cm³/mol. The number of hydrogen-bond donors (Lipinski definition) is 2. The number of hydrogen-bond acceptors (Lipinski definition) is 1. The third-order valence-corrected chi connectivity index (χ3v) is 4.11. The molecule has 96 valence electrons. The lowest BCUT2D eigenvalue weighted by Crippen LogP contribution is -2.24. The van der Waals surface area contributed by atoms with Crippen LogP contribution in [0.5, 0.6) is 0 Å². The molecule has 2 nitrogen and oxygen atoms in total. The minimum atomic E-state index is 0.910. The van der Waals surface area contributed by atoms with Gasteiger partial charge < -0.3 is 10.3 Å². The maximum absolute atomic E-state index is 3.61. The third kappa shape index (κ3) is 2.75. The van der Waals surface area contributed by atoms with E-state index < -0.39 is 0 Å². The lowest BCUT2D eigenvalue weighted by Gasteiger charge is -2.21. The van der Waals surface area contributed by atoms with E-state index in [2.05, 4.69) is 34.6 Å². The molecule has 0 amide bonds. The molecule has 0 saturated heterocycles. The van der Waals surface area contributed by atoms with Gasteiger partial charge in [-0.05, 0) is 48.4 Å². The average Bonchev–Trinajstić information content (AvgIpc) is 2.87. The van der Waals surface area contributed by atoms with Gasteiger partial charge in [-0.1, -0.05) is 31.4 Å². The fourth-order valence-electron chi connectivity index (χ4n) is 3.02. The zero-order chi connectivity index (χ0) is 12.2. The van der Waals surface area contributed by atoms with Crippen molar-refractivity contribution in [3.05, 3.63) is 36.0 Å². The summed E-state index contributed by atoms with van der Waals surface area (Å²) in [7, 11) is 0. The Hall–Kier alpha value is -1.28. The molecule has 1 fully saturated rings. The van der Waals surface area contributed by atoms with Crippen molar-refractivity contribution >= 4 is 10.9 Å². The van der Waals surface area contributed by atoms with Gasteiger partial charge in [0.05, 0.1) is 0 Å². The van der Waals surface area contributed by atoms with Crippen molar-refractivity contribution in [1.29, 1.82) is 0 Å². The van der Waals surface area contributed by atoms with Crippen LogP contribution >= 0.6 is 0 Å². The molecule has 1 saturated carbocycles. The SMILES string of the molecule is c1cc2ccc(CNCC3CCCCC3)cc2[nH]1. The maximum Gasteiger partial charge on any atom is 0.0457 e. The summed E-state index contributed by atoms with van der Waals surface area (Å²) >= 11 is 0. The predicted octanol–water partition coefficient (Wildman–Crippen LogP) is 3.84. The molecular formula is C16H22N2. The summed E-state index contributed by atoms with van der Waals surface area (Å²) < 4.78 is 0. The van der Waals surface area contributed by atoms with Crippen LogP contribution in [0.2, 0.25) is 0 Å². The van der Waals surface area contributed by atoms with Gasteiger partial charge in [-0.3, -0.25) is 0 Å². The van der Waals surface area contributed by atoms with Gasteiger partial charge in [0.25, 0.3) is 0 Å². The maximum atomic E-state index is 3.61. The second-order valence-electron chi connectivity index (χ2n) is 5.53. The van der Waals surface area contributed by atoms with Gasteiger partial charge in [0, 0.05) is 18.3 Å². The molecule has 0 unspecified atom stereocenters. The van der Waals surface area contributed by atoms with E-state index in [1.165, 1.54) is 55.1 Å². The molecule has 2 heteroatoms. The lowest BCUT2D eigenvalue weighted by atomic mass is 9.89. The van der Waals surface area contributed by atoms with Crippen LogP contribution < -0.4 is 5.32 Å². The van der Waals surface area contributed by atoms with E-state index in [9.17, 15) is 0 Å². The number of aromatic amines is 1.